The van der Waals surface area contributed by atoms with Gasteiger partial charge in [-0.3, -0.25) is 9.80 Å². The highest BCUT2D eigenvalue weighted by Crippen LogP contribution is 2.40. The summed E-state index contributed by atoms with van der Waals surface area (Å²) in [5.41, 5.74) is 0. The van der Waals surface area contributed by atoms with Crippen LogP contribution in [0.15, 0.2) is 0 Å². The van der Waals surface area contributed by atoms with Crippen LogP contribution in [0.25, 0.3) is 0 Å². The Morgan fingerprint density at radius 2 is 1.63 bits per heavy atom. The van der Waals surface area contributed by atoms with Gasteiger partial charge >= 0.3 is 0 Å². The third-order valence-corrected chi connectivity index (χ3v) is 5.74. The maximum atomic E-state index is 6.06. The predicted molar refractivity (Wildman–Crippen MR) is 76.3 cm³/mol. The minimum Gasteiger partial charge on any atom is -0.376 e. The van der Waals surface area contributed by atoms with Crippen LogP contribution < -0.4 is 0 Å². The fourth-order valence-corrected chi connectivity index (χ4v) is 4.57. The molecule has 1 aliphatic carbocycles. The predicted octanol–water partition coefficient (Wildman–Crippen LogP) is 2.11. The topological polar surface area (TPSA) is 15.7 Å². The Hall–Kier alpha value is -0.120. The van der Waals surface area contributed by atoms with Crippen LogP contribution >= 0.6 is 0 Å². The zero-order valence-corrected chi connectivity index (χ0v) is 12.1. The summed E-state index contributed by atoms with van der Waals surface area (Å²) >= 11 is 0. The lowest BCUT2D eigenvalue weighted by atomic mass is 10.00. The Kier molecular flexibility index (Phi) is 3.55. The molecule has 0 bridgehead atoms. The SMILES string of the molecule is C1CCN2CCCN(C3CCOC3C3CC3)CC2C1. The third-order valence-electron chi connectivity index (χ3n) is 5.74. The van der Waals surface area contributed by atoms with Crippen LogP contribution in [-0.4, -0.2) is 60.8 Å². The fourth-order valence-electron chi connectivity index (χ4n) is 4.57. The molecular weight excluding hydrogens is 236 g/mol. The Balaban J connectivity index is 1.44. The van der Waals surface area contributed by atoms with Crippen molar-refractivity contribution in [2.45, 2.75) is 63.1 Å². The van der Waals surface area contributed by atoms with Crippen LogP contribution in [0, 0.1) is 5.92 Å². The standard InChI is InChI=1S/C16H28N2O/c1-2-8-17-9-3-10-18(12-14(17)4-1)15-7-11-19-16(15)13-5-6-13/h13-16H,1-12H2. The highest BCUT2D eigenvalue weighted by Gasteiger charge is 2.44. The molecule has 3 saturated heterocycles. The first-order chi connectivity index (χ1) is 9.42. The molecule has 1 saturated carbocycles. The summed E-state index contributed by atoms with van der Waals surface area (Å²) in [7, 11) is 0. The van der Waals surface area contributed by atoms with E-state index in [1.54, 1.807) is 0 Å². The fraction of sp³-hybridized carbons (Fsp3) is 1.00. The molecule has 0 spiro atoms. The minimum atomic E-state index is 0.579. The molecule has 3 atom stereocenters. The second-order valence-electron chi connectivity index (χ2n) is 7.06. The van der Waals surface area contributed by atoms with Crippen molar-refractivity contribution < 1.29 is 4.74 Å². The highest BCUT2D eigenvalue weighted by molar-refractivity contribution is 4.96. The van der Waals surface area contributed by atoms with Gasteiger partial charge in [0.1, 0.15) is 0 Å². The molecule has 19 heavy (non-hydrogen) atoms. The van der Waals surface area contributed by atoms with E-state index in [0.29, 0.717) is 6.10 Å². The third kappa shape index (κ3) is 2.57. The molecule has 3 nitrogen and oxygen atoms in total. The van der Waals surface area contributed by atoms with Crippen LogP contribution in [0.3, 0.4) is 0 Å². The molecule has 4 aliphatic rings. The lowest BCUT2D eigenvalue weighted by Crippen LogP contribution is -2.48. The first-order valence-corrected chi connectivity index (χ1v) is 8.51. The monoisotopic (exact) mass is 264 g/mol. The van der Waals surface area contributed by atoms with E-state index in [1.807, 2.05) is 0 Å². The second-order valence-corrected chi connectivity index (χ2v) is 7.06. The zero-order valence-electron chi connectivity index (χ0n) is 12.1. The minimum absolute atomic E-state index is 0.579. The van der Waals surface area contributed by atoms with Gasteiger partial charge in [0, 0.05) is 25.2 Å². The summed E-state index contributed by atoms with van der Waals surface area (Å²) in [5, 5.41) is 0. The molecule has 3 unspecified atom stereocenters. The van der Waals surface area contributed by atoms with Crippen LogP contribution in [0.4, 0.5) is 0 Å². The van der Waals surface area contributed by atoms with Crippen molar-refractivity contribution in [3.63, 3.8) is 0 Å². The molecule has 3 heteroatoms. The van der Waals surface area contributed by atoms with Crippen molar-refractivity contribution in [2.75, 3.05) is 32.8 Å². The summed E-state index contributed by atoms with van der Waals surface area (Å²) < 4.78 is 6.06. The number of hydrogen-bond acceptors (Lipinski definition) is 3. The van der Waals surface area contributed by atoms with E-state index in [2.05, 4.69) is 9.80 Å². The van der Waals surface area contributed by atoms with E-state index in [-0.39, 0.29) is 0 Å². The van der Waals surface area contributed by atoms with Gasteiger partial charge in [-0.05, 0) is 64.1 Å². The summed E-state index contributed by atoms with van der Waals surface area (Å²) in [6, 6.07) is 1.59. The van der Waals surface area contributed by atoms with Crippen molar-refractivity contribution in [2.24, 2.45) is 5.92 Å². The Morgan fingerprint density at radius 3 is 2.53 bits per heavy atom. The quantitative estimate of drug-likeness (QED) is 0.760. The average molecular weight is 264 g/mol. The lowest BCUT2D eigenvalue weighted by Gasteiger charge is -2.37. The smallest absolute Gasteiger partial charge is 0.0759 e. The summed E-state index contributed by atoms with van der Waals surface area (Å²) in [6.07, 6.45) is 10.4. The molecule has 4 fully saturated rings. The summed E-state index contributed by atoms with van der Waals surface area (Å²) in [6.45, 7) is 6.33. The molecule has 0 aromatic carbocycles. The van der Waals surface area contributed by atoms with Gasteiger partial charge in [0.2, 0.25) is 0 Å². The molecule has 108 valence electrons. The van der Waals surface area contributed by atoms with E-state index in [4.69, 9.17) is 4.74 Å². The van der Waals surface area contributed by atoms with Gasteiger partial charge in [-0.2, -0.15) is 0 Å². The summed E-state index contributed by atoms with van der Waals surface area (Å²) in [4.78, 5) is 5.58. The van der Waals surface area contributed by atoms with Crippen molar-refractivity contribution in [1.29, 1.82) is 0 Å². The Bertz CT molecular complexity index is 318. The largest absolute Gasteiger partial charge is 0.376 e. The molecule has 3 aliphatic heterocycles. The number of fused-ring (bicyclic) bond motifs is 1. The van der Waals surface area contributed by atoms with Gasteiger partial charge in [0.15, 0.2) is 0 Å². The molecule has 3 heterocycles. The zero-order chi connectivity index (χ0) is 12.7. The molecule has 4 rings (SSSR count). The molecule has 0 aromatic heterocycles. The van der Waals surface area contributed by atoms with Gasteiger partial charge in [-0.15, -0.1) is 0 Å². The molecule has 0 N–H and O–H groups in total. The van der Waals surface area contributed by atoms with E-state index in [0.717, 1.165) is 24.6 Å². The van der Waals surface area contributed by atoms with Crippen LogP contribution in [0.1, 0.15) is 44.9 Å². The van der Waals surface area contributed by atoms with Gasteiger partial charge in [0.05, 0.1) is 6.10 Å². The van der Waals surface area contributed by atoms with Crippen LogP contribution in [0.5, 0.6) is 0 Å². The van der Waals surface area contributed by atoms with Gasteiger partial charge in [-0.25, -0.2) is 0 Å². The number of hydrogen-bond donors (Lipinski definition) is 0. The lowest BCUT2D eigenvalue weighted by molar-refractivity contribution is 0.0390. The Labute approximate surface area is 117 Å². The molecular formula is C16H28N2O. The van der Waals surface area contributed by atoms with Gasteiger partial charge < -0.3 is 4.74 Å². The van der Waals surface area contributed by atoms with E-state index in [1.165, 1.54) is 71.1 Å². The molecule has 0 aromatic rings. The number of piperidine rings is 1. The number of nitrogens with zero attached hydrogens (tertiary/aromatic N) is 2. The van der Waals surface area contributed by atoms with Crippen molar-refractivity contribution >= 4 is 0 Å². The highest BCUT2D eigenvalue weighted by atomic mass is 16.5. The normalized spacial score (nSPS) is 42.0. The van der Waals surface area contributed by atoms with Crippen molar-refractivity contribution in [3.8, 4) is 0 Å². The second kappa shape index (κ2) is 5.34. The van der Waals surface area contributed by atoms with Crippen LogP contribution in [-0.2, 0) is 4.74 Å². The number of rotatable bonds is 2. The maximum absolute atomic E-state index is 6.06. The van der Waals surface area contributed by atoms with Crippen LogP contribution in [0.2, 0.25) is 0 Å². The van der Waals surface area contributed by atoms with E-state index < -0.39 is 0 Å². The number of ether oxygens (including phenoxy) is 1. The Morgan fingerprint density at radius 1 is 0.789 bits per heavy atom. The first-order valence-electron chi connectivity index (χ1n) is 8.51. The van der Waals surface area contributed by atoms with Gasteiger partial charge in [0.25, 0.3) is 0 Å². The van der Waals surface area contributed by atoms with E-state index >= 15 is 0 Å². The molecule has 0 radical (unpaired) electrons. The summed E-state index contributed by atoms with van der Waals surface area (Å²) in [5.74, 6) is 0.901. The van der Waals surface area contributed by atoms with Gasteiger partial charge in [-0.1, -0.05) is 6.42 Å². The molecule has 0 amide bonds. The maximum Gasteiger partial charge on any atom is 0.0759 e. The van der Waals surface area contributed by atoms with Crippen molar-refractivity contribution in [1.82, 2.24) is 9.80 Å². The average Bonchev–Trinajstić information content (AvgIpc) is 3.21. The van der Waals surface area contributed by atoms with Crippen molar-refractivity contribution in [3.05, 3.63) is 0 Å². The van der Waals surface area contributed by atoms with E-state index in [9.17, 15) is 0 Å². The first kappa shape index (κ1) is 12.6.